The van der Waals surface area contributed by atoms with Crippen LogP contribution in [0.25, 0.3) is 0 Å². The predicted octanol–water partition coefficient (Wildman–Crippen LogP) is -4.20. The van der Waals surface area contributed by atoms with E-state index < -0.39 is 73.1 Å². The van der Waals surface area contributed by atoms with E-state index in [4.69, 9.17) is 16.6 Å². The molecule has 3 atom stereocenters. The molecule has 1 aromatic rings. The molecule has 0 aliphatic heterocycles. The first-order valence-electron chi connectivity index (χ1n) is 8.82. The van der Waals surface area contributed by atoms with Crippen LogP contribution >= 0.6 is 0 Å². The van der Waals surface area contributed by atoms with Gasteiger partial charge >= 0.3 is 11.9 Å². The summed E-state index contributed by atoms with van der Waals surface area (Å²) in [7, 11) is 0. The zero-order chi connectivity index (χ0) is 23.6. The topological polar surface area (TPSA) is 260 Å². The van der Waals surface area contributed by atoms with Crippen molar-refractivity contribution in [2.45, 2.75) is 37.4 Å². The molecule has 0 aromatic carbocycles. The summed E-state index contributed by atoms with van der Waals surface area (Å²) in [6.07, 6.45) is 1.24. The van der Waals surface area contributed by atoms with Gasteiger partial charge in [-0.3, -0.25) is 24.0 Å². The van der Waals surface area contributed by atoms with E-state index in [-0.39, 0.29) is 6.42 Å². The van der Waals surface area contributed by atoms with Crippen LogP contribution in [-0.4, -0.2) is 80.4 Å². The monoisotopic (exact) mass is 441 g/mol. The van der Waals surface area contributed by atoms with Crippen molar-refractivity contribution in [2.24, 2.45) is 11.5 Å². The lowest BCUT2D eigenvalue weighted by molar-refractivity contribution is -0.142. The van der Waals surface area contributed by atoms with Gasteiger partial charge < -0.3 is 42.6 Å². The number of aliphatic carboxylic acids is 2. The second-order valence-electron chi connectivity index (χ2n) is 6.39. The van der Waals surface area contributed by atoms with E-state index in [2.05, 4.69) is 25.9 Å². The molecule has 10 N–H and O–H groups in total. The maximum Gasteiger partial charge on any atom is 0.326 e. The van der Waals surface area contributed by atoms with Crippen molar-refractivity contribution >= 4 is 35.6 Å². The van der Waals surface area contributed by atoms with Gasteiger partial charge in [0.1, 0.15) is 12.1 Å². The summed E-state index contributed by atoms with van der Waals surface area (Å²) in [5, 5.41) is 24.3. The number of carbonyl (C=O) groups excluding carboxylic acids is 4. The Morgan fingerprint density at radius 3 is 2.23 bits per heavy atom. The number of primary amides is 1. The highest BCUT2D eigenvalue weighted by Gasteiger charge is 2.28. The van der Waals surface area contributed by atoms with Crippen LogP contribution in [0.15, 0.2) is 12.5 Å². The fourth-order valence-electron chi connectivity index (χ4n) is 2.32. The quantitative estimate of drug-likeness (QED) is 0.146. The second kappa shape index (κ2) is 11.9. The van der Waals surface area contributed by atoms with E-state index in [0.29, 0.717) is 5.69 Å². The van der Waals surface area contributed by atoms with Gasteiger partial charge in [-0.2, -0.15) is 0 Å². The summed E-state index contributed by atoms with van der Waals surface area (Å²) in [4.78, 5) is 75.7. The molecule has 31 heavy (non-hydrogen) atoms. The highest BCUT2D eigenvalue weighted by molar-refractivity contribution is 5.95. The van der Waals surface area contributed by atoms with Crippen LogP contribution in [0.4, 0.5) is 0 Å². The first kappa shape index (κ1) is 25.0. The van der Waals surface area contributed by atoms with Gasteiger partial charge in [-0.25, -0.2) is 9.78 Å². The first-order chi connectivity index (χ1) is 14.5. The summed E-state index contributed by atoms with van der Waals surface area (Å²) >= 11 is 0. The van der Waals surface area contributed by atoms with Crippen molar-refractivity contribution in [1.29, 1.82) is 0 Å². The Morgan fingerprint density at radius 1 is 1.03 bits per heavy atom. The zero-order valence-corrected chi connectivity index (χ0v) is 16.2. The van der Waals surface area contributed by atoms with Gasteiger partial charge in [-0.05, 0) is 0 Å². The molecule has 15 nitrogen and oxygen atoms in total. The van der Waals surface area contributed by atoms with Crippen molar-refractivity contribution < 1.29 is 39.0 Å². The highest BCUT2D eigenvalue weighted by Crippen LogP contribution is 2.01. The van der Waals surface area contributed by atoms with Gasteiger partial charge in [0.15, 0.2) is 0 Å². The highest BCUT2D eigenvalue weighted by atomic mass is 16.4. The number of imidazole rings is 1. The van der Waals surface area contributed by atoms with Crippen LogP contribution in [0.3, 0.4) is 0 Å². The summed E-state index contributed by atoms with van der Waals surface area (Å²) < 4.78 is 0. The maximum absolute atomic E-state index is 12.4. The molecule has 0 fully saturated rings. The number of hydrogen-bond donors (Lipinski definition) is 8. The molecular weight excluding hydrogens is 418 g/mol. The minimum absolute atomic E-state index is 0.143. The number of carbonyl (C=O) groups is 6. The van der Waals surface area contributed by atoms with Gasteiger partial charge in [0.05, 0.1) is 31.8 Å². The minimum atomic E-state index is -1.52. The largest absolute Gasteiger partial charge is 0.481 e. The summed E-state index contributed by atoms with van der Waals surface area (Å²) in [6, 6.07) is -4.30. The third kappa shape index (κ3) is 9.35. The number of carboxylic acids is 2. The van der Waals surface area contributed by atoms with Gasteiger partial charge in [-0.15, -0.1) is 0 Å². The Balaban J connectivity index is 2.71. The average Bonchev–Trinajstić information content (AvgIpc) is 3.17. The number of carboxylic acid groups (broad SMARTS) is 2. The lowest BCUT2D eigenvalue weighted by Crippen LogP contribution is -2.55. The lowest BCUT2D eigenvalue weighted by Gasteiger charge is -2.20. The Hall–Kier alpha value is -4.01. The van der Waals surface area contributed by atoms with Crippen LogP contribution in [0.5, 0.6) is 0 Å². The van der Waals surface area contributed by atoms with Crippen molar-refractivity contribution in [2.75, 3.05) is 6.54 Å². The molecule has 0 bridgehead atoms. The average molecular weight is 441 g/mol. The fraction of sp³-hybridized carbons (Fsp3) is 0.438. The number of nitrogens with two attached hydrogens (primary N) is 2. The molecular formula is C16H23N7O8. The predicted molar refractivity (Wildman–Crippen MR) is 101 cm³/mol. The normalized spacial score (nSPS) is 13.3. The molecule has 0 spiro atoms. The SMILES string of the molecule is NC(=O)CC(NC(=O)CNC(=O)C(N)CC(=O)O)C(=O)NC(Cc1cnc[nH]1)C(=O)O. The van der Waals surface area contributed by atoms with Crippen molar-refractivity contribution in [3.8, 4) is 0 Å². The van der Waals surface area contributed by atoms with E-state index in [9.17, 15) is 33.9 Å². The van der Waals surface area contributed by atoms with Crippen LogP contribution in [0, 0.1) is 0 Å². The van der Waals surface area contributed by atoms with E-state index in [0.717, 1.165) is 0 Å². The van der Waals surface area contributed by atoms with E-state index in [1.165, 1.54) is 12.5 Å². The molecule has 1 heterocycles. The fourth-order valence-corrected chi connectivity index (χ4v) is 2.32. The van der Waals surface area contributed by atoms with Gasteiger partial charge in [-0.1, -0.05) is 0 Å². The van der Waals surface area contributed by atoms with Crippen LogP contribution in [0.2, 0.25) is 0 Å². The summed E-state index contributed by atoms with van der Waals surface area (Å²) in [5.41, 5.74) is 10.8. The number of nitrogens with one attached hydrogen (secondary N) is 4. The van der Waals surface area contributed by atoms with Gasteiger partial charge in [0.25, 0.3) is 0 Å². The van der Waals surface area contributed by atoms with Crippen molar-refractivity contribution in [3.05, 3.63) is 18.2 Å². The second-order valence-corrected chi connectivity index (χ2v) is 6.39. The zero-order valence-electron chi connectivity index (χ0n) is 16.2. The van der Waals surface area contributed by atoms with E-state index in [1.807, 2.05) is 0 Å². The number of aromatic nitrogens is 2. The number of hydrogen-bond acceptors (Lipinski definition) is 8. The standard InChI is InChI=1S/C16H23N7O8/c17-8(2-13(26)27)14(28)20-5-12(25)22-9(3-11(18)24)15(29)23-10(16(30)31)1-7-4-19-6-21-7/h4,6,8-10H,1-3,5,17H2,(H2,18,24)(H,19,21)(H,20,28)(H,22,25)(H,23,29)(H,26,27)(H,30,31). The Morgan fingerprint density at radius 2 is 1.71 bits per heavy atom. The van der Waals surface area contributed by atoms with Crippen LogP contribution in [0.1, 0.15) is 18.5 Å². The number of aromatic amines is 1. The molecule has 0 radical (unpaired) electrons. The molecule has 15 heteroatoms. The molecule has 0 saturated heterocycles. The molecule has 0 aliphatic carbocycles. The molecule has 0 saturated carbocycles. The first-order valence-corrected chi connectivity index (χ1v) is 8.82. The van der Waals surface area contributed by atoms with Crippen molar-refractivity contribution in [3.63, 3.8) is 0 Å². The molecule has 1 rings (SSSR count). The van der Waals surface area contributed by atoms with E-state index in [1.54, 1.807) is 0 Å². The Bertz CT molecular complexity index is 826. The summed E-state index contributed by atoms with van der Waals surface area (Å²) in [5.74, 6) is -6.46. The third-order valence-corrected chi connectivity index (χ3v) is 3.80. The minimum Gasteiger partial charge on any atom is -0.481 e. The molecule has 3 unspecified atom stereocenters. The Kier molecular flexibility index (Phi) is 9.58. The van der Waals surface area contributed by atoms with Crippen LogP contribution < -0.4 is 27.4 Å². The third-order valence-electron chi connectivity index (χ3n) is 3.80. The van der Waals surface area contributed by atoms with Crippen molar-refractivity contribution in [1.82, 2.24) is 25.9 Å². The number of H-pyrrole nitrogens is 1. The Labute approximate surface area is 174 Å². The van der Waals surface area contributed by atoms with Gasteiger partial charge in [0, 0.05) is 18.3 Å². The molecule has 0 aliphatic rings. The molecule has 170 valence electrons. The maximum atomic E-state index is 12.4. The molecule has 4 amide bonds. The van der Waals surface area contributed by atoms with E-state index >= 15 is 0 Å². The molecule has 1 aromatic heterocycles. The smallest absolute Gasteiger partial charge is 0.326 e. The number of nitrogens with zero attached hydrogens (tertiary/aromatic N) is 1. The number of rotatable bonds is 13. The lowest BCUT2D eigenvalue weighted by atomic mass is 10.1. The number of amides is 4. The van der Waals surface area contributed by atoms with Crippen LogP contribution in [-0.2, 0) is 35.2 Å². The van der Waals surface area contributed by atoms with Gasteiger partial charge in [0.2, 0.25) is 23.6 Å². The summed E-state index contributed by atoms with van der Waals surface area (Å²) in [6.45, 7) is -0.675.